The van der Waals surface area contributed by atoms with E-state index in [0.717, 1.165) is 4.57 Å². The first-order valence-corrected chi connectivity index (χ1v) is 6.76. The van der Waals surface area contributed by atoms with Gasteiger partial charge in [0.15, 0.2) is 6.23 Å². The monoisotopic (exact) mass is 384 g/mol. The minimum atomic E-state index is -0.947. The van der Waals surface area contributed by atoms with Crippen LogP contribution in [0.1, 0.15) is 6.23 Å². The molecule has 1 aliphatic rings. The summed E-state index contributed by atoms with van der Waals surface area (Å²) in [5, 5.41) is 18.8. The lowest BCUT2D eigenvalue weighted by Crippen LogP contribution is -2.35. The van der Waals surface area contributed by atoms with Crippen molar-refractivity contribution in [1.82, 2.24) is 9.55 Å². The van der Waals surface area contributed by atoms with Crippen LogP contribution in [0.5, 0.6) is 0 Å². The summed E-state index contributed by atoms with van der Waals surface area (Å²) in [5.74, 6) is 0. The second kappa shape index (κ2) is 5.25. The number of aliphatic hydroxyl groups excluding tert-OH is 2. The highest BCUT2D eigenvalue weighted by Crippen LogP contribution is 2.33. The van der Waals surface area contributed by atoms with Gasteiger partial charge in [-0.3, -0.25) is 14.3 Å². The molecule has 0 amide bonds. The van der Waals surface area contributed by atoms with Gasteiger partial charge in [0.05, 0.1) is 22.0 Å². The van der Waals surface area contributed by atoms with Gasteiger partial charge in [-0.05, 0) is 15.9 Å². The molecule has 1 saturated heterocycles. The molecule has 100 valence electrons. The van der Waals surface area contributed by atoms with Crippen LogP contribution >= 0.6 is 31.9 Å². The van der Waals surface area contributed by atoms with Gasteiger partial charge in [-0.15, -0.1) is 0 Å². The zero-order chi connectivity index (χ0) is 13.4. The molecule has 2 heterocycles. The van der Waals surface area contributed by atoms with Crippen LogP contribution in [-0.4, -0.2) is 43.4 Å². The van der Waals surface area contributed by atoms with Gasteiger partial charge < -0.3 is 14.9 Å². The fraction of sp³-hybridized carbons (Fsp3) is 0.556. The van der Waals surface area contributed by atoms with Crippen molar-refractivity contribution in [2.24, 2.45) is 0 Å². The van der Waals surface area contributed by atoms with E-state index >= 15 is 0 Å². The van der Waals surface area contributed by atoms with Crippen molar-refractivity contribution in [1.29, 1.82) is 0 Å². The predicted molar refractivity (Wildman–Crippen MR) is 68.7 cm³/mol. The van der Waals surface area contributed by atoms with Gasteiger partial charge in [-0.1, -0.05) is 15.9 Å². The molecule has 18 heavy (non-hydrogen) atoms. The van der Waals surface area contributed by atoms with E-state index in [4.69, 9.17) is 9.84 Å². The third kappa shape index (κ3) is 2.32. The van der Waals surface area contributed by atoms with Gasteiger partial charge in [-0.2, -0.15) is 0 Å². The molecule has 4 atom stereocenters. The molecular formula is C9H10Br2N2O5. The third-order valence-electron chi connectivity index (χ3n) is 2.67. The van der Waals surface area contributed by atoms with Crippen LogP contribution in [0.2, 0.25) is 0 Å². The Bertz CT molecular complexity index is 557. The summed E-state index contributed by atoms with van der Waals surface area (Å²) in [6, 6.07) is 0. The number of nitrogens with one attached hydrogen (secondary N) is 1. The zero-order valence-electron chi connectivity index (χ0n) is 8.92. The Morgan fingerprint density at radius 1 is 1.50 bits per heavy atom. The average molecular weight is 386 g/mol. The zero-order valence-corrected chi connectivity index (χ0v) is 12.1. The second-order valence-corrected chi connectivity index (χ2v) is 5.74. The first-order valence-electron chi connectivity index (χ1n) is 5.05. The minimum Gasteiger partial charge on any atom is -0.394 e. The van der Waals surface area contributed by atoms with Crippen molar-refractivity contribution in [3.63, 3.8) is 0 Å². The summed E-state index contributed by atoms with van der Waals surface area (Å²) in [6.07, 6.45) is -1.25. The number of nitrogens with zero attached hydrogens (tertiary/aromatic N) is 1. The highest BCUT2D eigenvalue weighted by Gasteiger charge is 2.43. The standard InChI is InChI=1S/C9H10Br2N2O5/c10-3-1-13(9(17)12-7(3)16)8-5(11)6(15)4(2-14)18-8/h1,4-6,8,14-15H,2H2,(H,12,16,17). The van der Waals surface area contributed by atoms with Gasteiger partial charge in [0.2, 0.25) is 0 Å². The number of aromatic amines is 1. The Hall–Kier alpha value is -0.480. The molecular weight excluding hydrogens is 376 g/mol. The summed E-state index contributed by atoms with van der Waals surface area (Å²) < 4.78 is 6.69. The van der Waals surface area contributed by atoms with Crippen LogP contribution in [0, 0.1) is 0 Å². The number of alkyl halides is 1. The predicted octanol–water partition coefficient (Wildman–Crippen LogP) is -0.687. The van der Waals surface area contributed by atoms with Gasteiger partial charge in [0.25, 0.3) is 5.56 Å². The van der Waals surface area contributed by atoms with Crippen LogP contribution in [0.25, 0.3) is 0 Å². The van der Waals surface area contributed by atoms with Gasteiger partial charge in [-0.25, -0.2) is 4.79 Å². The molecule has 0 radical (unpaired) electrons. The second-order valence-electron chi connectivity index (χ2n) is 3.83. The van der Waals surface area contributed by atoms with Crippen molar-refractivity contribution >= 4 is 31.9 Å². The number of halogens is 2. The molecule has 0 saturated carbocycles. The van der Waals surface area contributed by atoms with E-state index in [9.17, 15) is 14.7 Å². The Morgan fingerprint density at radius 2 is 2.17 bits per heavy atom. The maximum atomic E-state index is 11.7. The van der Waals surface area contributed by atoms with Crippen LogP contribution < -0.4 is 11.2 Å². The Labute approximate surface area is 118 Å². The summed E-state index contributed by atoms with van der Waals surface area (Å²) >= 11 is 6.22. The molecule has 9 heteroatoms. The number of rotatable bonds is 2. The Morgan fingerprint density at radius 3 is 2.72 bits per heavy atom. The van der Waals surface area contributed by atoms with Crippen molar-refractivity contribution in [3.05, 3.63) is 31.5 Å². The molecule has 1 aromatic heterocycles. The van der Waals surface area contributed by atoms with Crippen molar-refractivity contribution in [3.8, 4) is 0 Å². The molecule has 3 N–H and O–H groups in total. The largest absolute Gasteiger partial charge is 0.394 e. The molecule has 1 aliphatic heterocycles. The van der Waals surface area contributed by atoms with Crippen LogP contribution in [-0.2, 0) is 4.74 Å². The SMILES string of the molecule is O=c1[nH]c(=O)n(C2OC(CO)C(O)C2Br)cc1Br. The van der Waals surface area contributed by atoms with Crippen LogP contribution in [0.15, 0.2) is 20.3 Å². The van der Waals surface area contributed by atoms with Crippen molar-refractivity contribution in [2.75, 3.05) is 6.61 Å². The quantitative estimate of drug-likeness (QED) is 0.585. The normalized spacial score (nSPS) is 31.8. The van der Waals surface area contributed by atoms with E-state index < -0.39 is 34.5 Å². The molecule has 0 aliphatic carbocycles. The Kier molecular flexibility index (Phi) is 4.07. The van der Waals surface area contributed by atoms with E-state index in [2.05, 4.69) is 36.8 Å². The summed E-state index contributed by atoms with van der Waals surface area (Å²) in [6.45, 7) is -0.362. The maximum absolute atomic E-state index is 11.7. The fourth-order valence-electron chi connectivity index (χ4n) is 1.73. The number of H-pyrrole nitrogens is 1. The number of hydrogen-bond donors (Lipinski definition) is 3. The van der Waals surface area contributed by atoms with E-state index in [1.54, 1.807) is 0 Å². The minimum absolute atomic E-state index is 0.173. The molecule has 0 spiro atoms. The molecule has 7 nitrogen and oxygen atoms in total. The fourth-order valence-corrected chi connectivity index (χ4v) is 2.77. The van der Waals surface area contributed by atoms with E-state index in [1.807, 2.05) is 0 Å². The lowest BCUT2D eigenvalue weighted by Gasteiger charge is -2.16. The highest BCUT2D eigenvalue weighted by molar-refractivity contribution is 9.10. The number of aliphatic hydroxyl groups is 2. The highest BCUT2D eigenvalue weighted by atomic mass is 79.9. The molecule has 0 bridgehead atoms. The van der Waals surface area contributed by atoms with Gasteiger partial charge in [0.1, 0.15) is 6.10 Å². The summed E-state index contributed by atoms with van der Waals surface area (Å²) in [7, 11) is 0. The summed E-state index contributed by atoms with van der Waals surface area (Å²) in [4.78, 5) is 24.4. The molecule has 0 aromatic carbocycles. The van der Waals surface area contributed by atoms with Crippen molar-refractivity contribution < 1.29 is 14.9 Å². The maximum Gasteiger partial charge on any atom is 0.330 e. The smallest absolute Gasteiger partial charge is 0.330 e. The average Bonchev–Trinajstić information content (AvgIpc) is 2.61. The van der Waals surface area contributed by atoms with E-state index in [-0.39, 0.29) is 11.1 Å². The number of aromatic nitrogens is 2. The lowest BCUT2D eigenvalue weighted by molar-refractivity contribution is -0.0457. The van der Waals surface area contributed by atoms with Gasteiger partial charge in [0, 0.05) is 6.20 Å². The molecule has 2 rings (SSSR count). The summed E-state index contributed by atoms with van der Waals surface area (Å²) in [5.41, 5.74) is -1.19. The topological polar surface area (TPSA) is 105 Å². The number of hydrogen-bond acceptors (Lipinski definition) is 5. The van der Waals surface area contributed by atoms with E-state index in [0.29, 0.717) is 0 Å². The van der Waals surface area contributed by atoms with Crippen LogP contribution in [0.3, 0.4) is 0 Å². The first-order chi connectivity index (χ1) is 8.45. The molecule has 1 aromatic rings. The molecule has 1 fully saturated rings. The van der Waals surface area contributed by atoms with E-state index in [1.165, 1.54) is 6.20 Å². The molecule has 4 unspecified atom stereocenters. The van der Waals surface area contributed by atoms with Crippen LogP contribution in [0.4, 0.5) is 0 Å². The van der Waals surface area contributed by atoms with Gasteiger partial charge >= 0.3 is 5.69 Å². The first kappa shape index (κ1) is 13.9. The third-order valence-corrected chi connectivity index (χ3v) is 4.23. The lowest BCUT2D eigenvalue weighted by atomic mass is 10.2. The Balaban J connectivity index is 2.42. The van der Waals surface area contributed by atoms with Crippen molar-refractivity contribution in [2.45, 2.75) is 23.3 Å². The number of ether oxygens (including phenoxy) is 1.